The largest absolute Gasteiger partial charge is 0.486 e. The molecule has 1 amide bonds. The molecule has 0 saturated carbocycles. The Kier molecular flexibility index (Phi) is 7.50. The molecule has 2 aromatic carbocycles. The maximum absolute atomic E-state index is 13.1. The van der Waals surface area contributed by atoms with Crippen molar-refractivity contribution in [3.63, 3.8) is 0 Å². The van der Waals surface area contributed by atoms with Gasteiger partial charge in [-0.05, 0) is 49.9 Å². The van der Waals surface area contributed by atoms with Crippen LogP contribution in [0.25, 0.3) is 5.69 Å². The minimum absolute atomic E-state index is 0.0618. The number of nitrogens with zero attached hydrogens (tertiary/aromatic N) is 2. The SMILES string of the molecule is Cc1c(NC(=O)CC(C)(C)CCC(=O)c2cc(Cl)cc3c2OC(C)CN3)c(=O)n(-c2ccccc2)n1C. The summed E-state index contributed by atoms with van der Waals surface area (Å²) in [4.78, 5) is 39.2. The molecular formula is C28H33ClN4O4. The molecule has 2 heterocycles. The van der Waals surface area contributed by atoms with Gasteiger partial charge < -0.3 is 15.4 Å². The van der Waals surface area contributed by atoms with Gasteiger partial charge in [-0.15, -0.1) is 0 Å². The number of halogens is 1. The first-order chi connectivity index (χ1) is 17.5. The number of hydrogen-bond acceptors (Lipinski definition) is 5. The van der Waals surface area contributed by atoms with Crippen LogP contribution < -0.4 is 20.9 Å². The molecule has 0 radical (unpaired) electrons. The van der Waals surface area contributed by atoms with E-state index in [0.717, 1.165) is 0 Å². The van der Waals surface area contributed by atoms with E-state index in [4.69, 9.17) is 16.3 Å². The van der Waals surface area contributed by atoms with E-state index in [1.54, 1.807) is 30.8 Å². The lowest BCUT2D eigenvalue weighted by Gasteiger charge is -2.27. The number of fused-ring (bicyclic) bond motifs is 1. The number of rotatable bonds is 8. The van der Waals surface area contributed by atoms with E-state index >= 15 is 0 Å². The molecule has 3 aromatic rings. The molecule has 1 unspecified atom stereocenters. The molecule has 4 rings (SSSR count). The van der Waals surface area contributed by atoms with Crippen LogP contribution in [-0.4, -0.2) is 33.7 Å². The number of anilines is 2. The molecule has 9 heteroatoms. The summed E-state index contributed by atoms with van der Waals surface area (Å²) in [6, 6.07) is 12.7. The van der Waals surface area contributed by atoms with Crippen molar-refractivity contribution in [2.45, 2.75) is 53.1 Å². The second-order valence-electron chi connectivity index (χ2n) is 10.4. The molecule has 1 atom stereocenters. The average molecular weight is 525 g/mol. The fraction of sp³-hybridized carbons (Fsp3) is 0.393. The minimum atomic E-state index is -0.480. The lowest BCUT2D eigenvalue weighted by molar-refractivity contribution is -0.118. The van der Waals surface area contributed by atoms with Gasteiger partial charge in [-0.3, -0.25) is 19.1 Å². The van der Waals surface area contributed by atoms with Crippen LogP contribution in [0.1, 0.15) is 56.1 Å². The first-order valence-electron chi connectivity index (χ1n) is 12.4. The summed E-state index contributed by atoms with van der Waals surface area (Å²) in [6.45, 7) is 8.24. The zero-order chi connectivity index (χ0) is 26.9. The zero-order valence-electron chi connectivity index (χ0n) is 21.9. The molecule has 1 aliphatic heterocycles. The molecule has 0 bridgehead atoms. The molecule has 1 aromatic heterocycles. The Morgan fingerprint density at radius 1 is 1.22 bits per heavy atom. The van der Waals surface area contributed by atoms with Gasteiger partial charge in [0.2, 0.25) is 5.91 Å². The Labute approximate surface area is 221 Å². The number of hydrogen-bond donors (Lipinski definition) is 2. The summed E-state index contributed by atoms with van der Waals surface area (Å²) in [5.41, 5.74) is 2.02. The van der Waals surface area contributed by atoms with Crippen LogP contribution in [0.3, 0.4) is 0 Å². The number of carbonyl (C=O) groups excluding carboxylic acids is 2. The zero-order valence-corrected chi connectivity index (χ0v) is 22.6. The molecule has 2 N–H and O–H groups in total. The van der Waals surface area contributed by atoms with Crippen molar-refractivity contribution in [2.75, 3.05) is 17.2 Å². The Hall–Kier alpha value is -3.52. The number of Topliss-reactive ketones (excluding diaryl/α,β-unsaturated/α-hetero) is 1. The van der Waals surface area contributed by atoms with E-state index in [9.17, 15) is 14.4 Å². The van der Waals surface area contributed by atoms with Crippen molar-refractivity contribution in [1.29, 1.82) is 0 Å². The highest BCUT2D eigenvalue weighted by Crippen LogP contribution is 2.38. The number of carbonyl (C=O) groups is 2. The standard InChI is InChI=1S/C28H33ClN4O4/c1-17-16-30-22-14-19(29)13-21(26(22)37-17)23(34)11-12-28(3,4)15-24(35)31-25-18(2)32(5)33(27(25)36)20-9-7-6-8-10-20/h6-10,13-14,17,30H,11-12,15-16H2,1-5H3,(H,31,35). The van der Waals surface area contributed by atoms with Crippen LogP contribution in [0, 0.1) is 12.3 Å². The van der Waals surface area contributed by atoms with Gasteiger partial charge in [-0.1, -0.05) is 43.6 Å². The predicted molar refractivity (Wildman–Crippen MR) is 146 cm³/mol. The second-order valence-corrected chi connectivity index (χ2v) is 10.8. The van der Waals surface area contributed by atoms with Gasteiger partial charge in [-0.2, -0.15) is 0 Å². The number of nitrogens with one attached hydrogen (secondary N) is 2. The fourth-order valence-corrected chi connectivity index (χ4v) is 4.78. The van der Waals surface area contributed by atoms with Crippen LogP contribution in [0.15, 0.2) is 47.3 Å². The summed E-state index contributed by atoms with van der Waals surface area (Å²) in [5.74, 6) is 0.163. The van der Waals surface area contributed by atoms with Gasteiger partial charge in [-0.25, -0.2) is 4.68 Å². The minimum Gasteiger partial charge on any atom is -0.486 e. The van der Waals surface area contributed by atoms with Gasteiger partial charge in [0.25, 0.3) is 5.56 Å². The Balaban J connectivity index is 1.43. The summed E-state index contributed by atoms with van der Waals surface area (Å²) in [5, 5.41) is 6.53. The monoisotopic (exact) mass is 524 g/mol. The van der Waals surface area contributed by atoms with Crippen molar-refractivity contribution in [2.24, 2.45) is 12.5 Å². The predicted octanol–water partition coefficient (Wildman–Crippen LogP) is 5.35. The van der Waals surface area contributed by atoms with Gasteiger partial charge in [0.1, 0.15) is 11.8 Å². The molecule has 0 aliphatic carbocycles. The van der Waals surface area contributed by atoms with E-state index in [2.05, 4.69) is 10.6 Å². The first kappa shape index (κ1) is 26.5. The van der Waals surface area contributed by atoms with Gasteiger partial charge in [0.05, 0.1) is 29.2 Å². The van der Waals surface area contributed by atoms with Crippen LogP contribution in [0.2, 0.25) is 5.02 Å². The Bertz CT molecular complexity index is 1390. The highest BCUT2D eigenvalue weighted by molar-refractivity contribution is 6.31. The first-order valence-corrected chi connectivity index (χ1v) is 12.8. The van der Waals surface area contributed by atoms with Gasteiger partial charge in [0.15, 0.2) is 11.5 Å². The molecule has 8 nitrogen and oxygen atoms in total. The van der Waals surface area contributed by atoms with Crippen molar-refractivity contribution in [3.05, 3.63) is 69.1 Å². The van der Waals surface area contributed by atoms with E-state index in [1.807, 2.05) is 51.1 Å². The van der Waals surface area contributed by atoms with E-state index in [1.165, 1.54) is 4.68 Å². The van der Waals surface area contributed by atoms with Crippen molar-refractivity contribution in [1.82, 2.24) is 9.36 Å². The van der Waals surface area contributed by atoms with Crippen LogP contribution in [0.5, 0.6) is 5.75 Å². The normalized spacial score (nSPS) is 14.9. The van der Waals surface area contributed by atoms with Crippen molar-refractivity contribution >= 4 is 34.7 Å². The Morgan fingerprint density at radius 2 is 1.92 bits per heavy atom. The number of ketones is 1. The third-order valence-corrected chi connectivity index (χ3v) is 6.96. The van der Waals surface area contributed by atoms with Crippen LogP contribution in [0.4, 0.5) is 11.4 Å². The smallest absolute Gasteiger partial charge is 0.295 e. The van der Waals surface area contributed by atoms with E-state index < -0.39 is 5.41 Å². The van der Waals surface area contributed by atoms with Crippen molar-refractivity contribution < 1.29 is 14.3 Å². The number of benzene rings is 2. The molecule has 0 saturated heterocycles. The molecule has 1 aliphatic rings. The maximum atomic E-state index is 13.1. The highest BCUT2D eigenvalue weighted by atomic mass is 35.5. The third kappa shape index (κ3) is 5.74. The Morgan fingerprint density at radius 3 is 2.62 bits per heavy atom. The van der Waals surface area contributed by atoms with E-state index in [0.29, 0.717) is 46.4 Å². The summed E-state index contributed by atoms with van der Waals surface area (Å²) >= 11 is 6.25. The summed E-state index contributed by atoms with van der Waals surface area (Å²) in [7, 11) is 1.78. The quantitative estimate of drug-likeness (QED) is 0.387. The molecule has 0 spiro atoms. The summed E-state index contributed by atoms with van der Waals surface area (Å²) in [6.07, 6.45) is 0.803. The van der Waals surface area contributed by atoms with Gasteiger partial charge >= 0.3 is 0 Å². The lowest BCUT2D eigenvalue weighted by Crippen LogP contribution is -2.29. The number of ether oxygens (including phenoxy) is 1. The number of amides is 1. The molecular weight excluding hydrogens is 492 g/mol. The highest BCUT2D eigenvalue weighted by Gasteiger charge is 2.28. The van der Waals surface area contributed by atoms with E-state index in [-0.39, 0.29) is 41.9 Å². The molecule has 37 heavy (non-hydrogen) atoms. The van der Waals surface area contributed by atoms with Crippen LogP contribution in [-0.2, 0) is 11.8 Å². The fourth-order valence-electron chi connectivity index (χ4n) is 4.56. The molecule has 0 fully saturated rings. The second kappa shape index (κ2) is 10.5. The van der Waals surface area contributed by atoms with Crippen LogP contribution >= 0.6 is 11.6 Å². The average Bonchev–Trinajstić information content (AvgIpc) is 3.05. The van der Waals surface area contributed by atoms with Crippen molar-refractivity contribution in [3.8, 4) is 11.4 Å². The number of aromatic nitrogens is 2. The topological polar surface area (TPSA) is 94.4 Å². The third-order valence-electron chi connectivity index (χ3n) is 6.74. The summed E-state index contributed by atoms with van der Waals surface area (Å²) < 4.78 is 9.18. The maximum Gasteiger partial charge on any atom is 0.295 e. The lowest BCUT2D eigenvalue weighted by atomic mass is 9.82. The number of para-hydroxylation sites is 1. The molecule has 196 valence electrons. The van der Waals surface area contributed by atoms with Gasteiger partial charge in [0, 0.05) is 24.9 Å².